The van der Waals surface area contributed by atoms with Crippen molar-refractivity contribution < 1.29 is 8.42 Å². The van der Waals surface area contributed by atoms with Crippen LogP contribution in [0.1, 0.15) is 43.8 Å². The predicted molar refractivity (Wildman–Crippen MR) is 232 cm³/mol. The Balaban J connectivity index is 0.000000146. The summed E-state index contributed by atoms with van der Waals surface area (Å²) in [5, 5.41) is 7.55. The number of thiazole rings is 2. The highest BCUT2D eigenvalue weighted by Gasteiger charge is 2.31. The van der Waals surface area contributed by atoms with Crippen LogP contribution in [0.3, 0.4) is 0 Å². The summed E-state index contributed by atoms with van der Waals surface area (Å²) >= 11 is 6.00. The van der Waals surface area contributed by atoms with Crippen LogP contribution in [0.4, 0.5) is 11.4 Å². The quantitative estimate of drug-likeness (QED) is 0.143. The third-order valence-electron chi connectivity index (χ3n) is 10.5. The van der Waals surface area contributed by atoms with Crippen LogP contribution in [0, 0.1) is 19.8 Å². The van der Waals surface area contributed by atoms with Crippen molar-refractivity contribution in [2.75, 3.05) is 17.2 Å². The lowest BCUT2D eigenvalue weighted by Crippen LogP contribution is -2.23. The number of nitrogens with zero attached hydrogens (tertiary/aromatic N) is 8. The average Bonchev–Trinajstić information content (AvgIpc) is 3.80. The SMILES string of the molecule is Cc1ncc(-c2cc(-c3nccs3)nc3sc(S(=O)C4CCC4)c(N)c23)n1C.Cc1ncc(-c2cc(-c3nccs3)nc3sc(S(=O)CC4CC4)c(N)c23)n1C. The van der Waals surface area contributed by atoms with Gasteiger partial charge in [0.25, 0.3) is 0 Å². The van der Waals surface area contributed by atoms with Crippen molar-refractivity contribution in [1.29, 1.82) is 0 Å². The van der Waals surface area contributed by atoms with Gasteiger partial charge in [-0.05, 0) is 57.6 Å². The van der Waals surface area contributed by atoms with Crippen LogP contribution in [0.5, 0.6) is 0 Å². The van der Waals surface area contributed by atoms with E-state index >= 15 is 0 Å². The Labute approximate surface area is 344 Å². The van der Waals surface area contributed by atoms with E-state index in [1.165, 1.54) is 35.5 Å². The molecule has 0 radical (unpaired) electrons. The zero-order valence-electron chi connectivity index (χ0n) is 31.0. The third-order valence-corrected chi connectivity index (χ3v) is 18.5. The van der Waals surface area contributed by atoms with Gasteiger partial charge in [0.15, 0.2) is 0 Å². The Bertz CT molecular complexity index is 2790. The molecule has 56 heavy (non-hydrogen) atoms. The van der Waals surface area contributed by atoms with Crippen molar-refractivity contribution >= 4 is 98.8 Å². The molecule has 288 valence electrons. The summed E-state index contributed by atoms with van der Waals surface area (Å²) in [5.74, 6) is 3.10. The monoisotopic (exact) mass is 858 g/mol. The van der Waals surface area contributed by atoms with Crippen LogP contribution in [0.2, 0.25) is 0 Å². The van der Waals surface area contributed by atoms with Crippen LogP contribution < -0.4 is 11.5 Å². The van der Waals surface area contributed by atoms with Crippen molar-refractivity contribution in [1.82, 2.24) is 39.0 Å². The number of nitrogen functional groups attached to an aromatic ring is 2. The van der Waals surface area contributed by atoms with Crippen LogP contribution in [0.25, 0.3) is 64.4 Å². The molecule has 0 spiro atoms. The summed E-state index contributed by atoms with van der Waals surface area (Å²) in [6.45, 7) is 3.94. The standard InChI is InChI=1S/2C19H19N5OS3/c1-10-22-8-14(24(10)2)12-7-13(17-21-5-6-26-17)23-18-15(12)16(20)19(27-18)28(25)9-11-3-4-11;1-10-22-9-14(24(10)2)12-8-13(17-21-6-7-26-17)23-18-15(12)16(20)19(27-18)28(25)11-4-3-5-11/h5-8,11H,3-4,9,20H2,1-2H3;6-9,11H,3-5,20H2,1-2H3. The Morgan fingerprint density at radius 1 is 0.732 bits per heavy atom. The third kappa shape index (κ3) is 6.72. The fourth-order valence-corrected chi connectivity index (χ4v) is 14.0. The van der Waals surface area contributed by atoms with Crippen molar-refractivity contribution in [3.63, 3.8) is 0 Å². The molecule has 0 aliphatic heterocycles. The van der Waals surface area contributed by atoms with Gasteiger partial charge in [-0.15, -0.1) is 45.3 Å². The first-order valence-electron chi connectivity index (χ1n) is 18.1. The molecule has 8 aromatic rings. The number of nitrogens with two attached hydrogens (primary N) is 2. The van der Waals surface area contributed by atoms with Gasteiger partial charge in [-0.25, -0.2) is 29.9 Å². The highest BCUT2D eigenvalue weighted by Crippen LogP contribution is 2.46. The van der Waals surface area contributed by atoms with Crippen molar-refractivity contribution in [2.45, 2.75) is 59.6 Å². The van der Waals surface area contributed by atoms with Crippen LogP contribution in [0.15, 0.2) is 56.1 Å². The number of thiophene rings is 2. The topological polar surface area (TPSA) is 173 Å². The first kappa shape index (κ1) is 37.4. The number of aryl methyl sites for hydroxylation is 2. The maximum atomic E-state index is 13.0. The number of aromatic nitrogens is 8. The second kappa shape index (κ2) is 14.9. The molecule has 12 nitrogen and oxygen atoms in total. The summed E-state index contributed by atoms with van der Waals surface area (Å²) in [5.41, 5.74) is 19.7. The minimum absolute atomic E-state index is 0.219. The molecule has 2 aliphatic carbocycles. The lowest BCUT2D eigenvalue weighted by molar-refractivity contribution is 0.505. The molecule has 8 heterocycles. The predicted octanol–water partition coefficient (Wildman–Crippen LogP) is 8.60. The molecular weight excluding hydrogens is 821 g/mol. The van der Waals surface area contributed by atoms with Crippen molar-refractivity contribution in [3.8, 4) is 43.9 Å². The number of hydrogen-bond donors (Lipinski definition) is 2. The normalized spacial score (nSPS) is 15.6. The highest BCUT2D eigenvalue weighted by molar-refractivity contribution is 7.88. The molecule has 2 fully saturated rings. The molecule has 2 atom stereocenters. The highest BCUT2D eigenvalue weighted by atomic mass is 32.2. The lowest BCUT2D eigenvalue weighted by Gasteiger charge is -2.23. The van der Waals surface area contributed by atoms with Gasteiger partial charge in [-0.1, -0.05) is 6.42 Å². The Morgan fingerprint density at radius 3 is 1.64 bits per heavy atom. The Morgan fingerprint density at radius 2 is 1.23 bits per heavy atom. The number of hydrogen-bond acceptors (Lipinski definition) is 14. The molecule has 0 bridgehead atoms. The average molecular weight is 859 g/mol. The summed E-state index contributed by atoms with van der Waals surface area (Å²) in [6, 6.07) is 4.05. The fraction of sp³-hybridized carbons (Fsp3) is 0.316. The molecular formula is C38H38N10O2S6. The minimum atomic E-state index is -1.09. The van der Waals surface area contributed by atoms with Gasteiger partial charge in [-0.3, -0.25) is 8.42 Å². The van der Waals surface area contributed by atoms with E-state index in [2.05, 4.69) is 19.9 Å². The zero-order valence-corrected chi connectivity index (χ0v) is 35.9. The van der Waals surface area contributed by atoms with Crippen LogP contribution in [-0.4, -0.2) is 58.5 Å². The number of pyridine rings is 2. The van der Waals surface area contributed by atoms with E-state index in [0.29, 0.717) is 23.0 Å². The number of imidazole rings is 2. The molecule has 0 aromatic carbocycles. The van der Waals surface area contributed by atoms with E-state index < -0.39 is 21.6 Å². The largest absolute Gasteiger partial charge is 0.396 e. The van der Waals surface area contributed by atoms with Gasteiger partial charge in [-0.2, -0.15) is 0 Å². The Kier molecular flexibility index (Phi) is 9.98. The second-order valence-electron chi connectivity index (χ2n) is 14.1. The van der Waals surface area contributed by atoms with E-state index in [1.54, 1.807) is 35.1 Å². The zero-order chi connectivity index (χ0) is 38.8. The summed E-state index contributed by atoms with van der Waals surface area (Å²) in [4.78, 5) is 29.0. The number of anilines is 2. The molecule has 0 saturated heterocycles. The van der Waals surface area contributed by atoms with Gasteiger partial charge in [0.1, 0.15) is 51.1 Å². The summed E-state index contributed by atoms with van der Waals surface area (Å²) in [7, 11) is 1.82. The molecule has 4 N–H and O–H groups in total. The molecule has 8 aromatic heterocycles. The van der Waals surface area contributed by atoms with Crippen molar-refractivity contribution in [2.24, 2.45) is 20.0 Å². The Hall–Kier alpha value is -4.20. The minimum Gasteiger partial charge on any atom is -0.396 e. The number of fused-ring (bicyclic) bond motifs is 2. The lowest BCUT2D eigenvalue weighted by atomic mass is 10.0. The molecule has 0 amide bonds. The van der Waals surface area contributed by atoms with Crippen LogP contribution >= 0.6 is 45.3 Å². The van der Waals surface area contributed by atoms with Crippen LogP contribution in [-0.2, 0) is 35.7 Å². The number of rotatable bonds is 9. The van der Waals surface area contributed by atoms with E-state index in [1.807, 2.05) is 72.4 Å². The first-order valence-corrected chi connectivity index (χ1v) is 24.0. The smallest absolute Gasteiger partial charge is 0.141 e. The van der Waals surface area contributed by atoms with E-state index in [4.69, 9.17) is 21.4 Å². The van der Waals surface area contributed by atoms with E-state index in [9.17, 15) is 8.42 Å². The van der Waals surface area contributed by atoms with E-state index in [-0.39, 0.29) is 5.25 Å². The van der Waals surface area contributed by atoms with Gasteiger partial charge in [0.05, 0.1) is 56.8 Å². The maximum Gasteiger partial charge on any atom is 0.141 e. The van der Waals surface area contributed by atoms with Crippen molar-refractivity contribution in [3.05, 3.63) is 59.3 Å². The van der Waals surface area contributed by atoms with Gasteiger partial charge >= 0.3 is 0 Å². The first-order chi connectivity index (χ1) is 27.1. The molecule has 18 heteroatoms. The molecule has 10 rings (SSSR count). The van der Waals surface area contributed by atoms with Gasteiger partial charge < -0.3 is 20.6 Å². The molecule has 2 saturated carbocycles. The summed E-state index contributed by atoms with van der Waals surface area (Å²) < 4.78 is 31.5. The fourth-order valence-electron chi connectivity index (χ4n) is 6.66. The second-order valence-corrected chi connectivity index (χ2v) is 21.5. The maximum absolute atomic E-state index is 13.0. The molecule has 2 aliphatic rings. The molecule has 2 unspecified atom stereocenters. The van der Waals surface area contributed by atoms with E-state index in [0.717, 1.165) is 104 Å². The summed E-state index contributed by atoms with van der Waals surface area (Å²) in [6.07, 6.45) is 12.8. The van der Waals surface area contributed by atoms with Gasteiger partial charge in [0.2, 0.25) is 0 Å². The van der Waals surface area contributed by atoms with Gasteiger partial charge in [0, 0.05) is 70.2 Å².